The number of aliphatic carboxylic acids is 1. The van der Waals surface area contributed by atoms with E-state index in [0.717, 1.165) is 19.3 Å². The van der Waals surface area contributed by atoms with Gasteiger partial charge in [-0.15, -0.1) is 0 Å². The Morgan fingerprint density at radius 1 is 1.00 bits per heavy atom. The van der Waals surface area contributed by atoms with Gasteiger partial charge in [0.05, 0.1) is 25.0 Å². The van der Waals surface area contributed by atoms with Gasteiger partial charge in [0.15, 0.2) is 0 Å². The molecule has 0 amide bonds. The Labute approximate surface area is 147 Å². The molecule has 4 rings (SSSR count). The third-order valence-electron chi connectivity index (χ3n) is 6.68. The summed E-state index contributed by atoms with van der Waals surface area (Å²) in [5.74, 6) is -1.21. The molecule has 0 saturated heterocycles. The van der Waals surface area contributed by atoms with E-state index in [-0.39, 0.29) is 28.8 Å². The fourth-order valence-corrected chi connectivity index (χ4v) is 6.33. The Morgan fingerprint density at radius 2 is 1.52 bits per heavy atom. The van der Waals surface area contributed by atoms with Crippen LogP contribution in [0.3, 0.4) is 0 Å². The topological polar surface area (TPSA) is 89.9 Å². The number of hydrogen-bond acceptors (Lipinski definition) is 5. The van der Waals surface area contributed by atoms with Crippen LogP contribution in [-0.4, -0.2) is 37.2 Å². The van der Waals surface area contributed by atoms with Crippen molar-refractivity contribution in [2.45, 2.75) is 51.4 Å². The summed E-state index contributed by atoms with van der Waals surface area (Å²) in [5, 5.41) is 9.10. The second kappa shape index (κ2) is 5.85. The molecule has 0 spiro atoms. The van der Waals surface area contributed by atoms with Crippen molar-refractivity contribution >= 4 is 17.9 Å². The molecule has 0 aromatic rings. The summed E-state index contributed by atoms with van der Waals surface area (Å²) < 4.78 is 10.2. The van der Waals surface area contributed by atoms with E-state index in [1.807, 2.05) is 0 Å². The molecular formula is C19H26O6. The van der Waals surface area contributed by atoms with Crippen molar-refractivity contribution in [1.29, 1.82) is 0 Å². The van der Waals surface area contributed by atoms with Crippen molar-refractivity contribution in [3.8, 4) is 0 Å². The maximum atomic E-state index is 12.6. The first-order valence-electron chi connectivity index (χ1n) is 8.78. The fraction of sp³-hybridized carbons (Fsp3) is 0.737. The zero-order valence-corrected chi connectivity index (χ0v) is 14.9. The Kier molecular flexibility index (Phi) is 4.20. The highest BCUT2D eigenvalue weighted by atomic mass is 16.5. The average molecular weight is 350 g/mol. The van der Waals surface area contributed by atoms with Gasteiger partial charge in [-0.25, -0.2) is 4.79 Å². The second-order valence-electron chi connectivity index (χ2n) is 8.46. The highest BCUT2D eigenvalue weighted by Crippen LogP contribution is 2.71. The maximum absolute atomic E-state index is 12.6. The van der Waals surface area contributed by atoms with Crippen molar-refractivity contribution in [1.82, 2.24) is 0 Å². The van der Waals surface area contributed by atoms with Crippen LogP contribution in [0.5, 0.6) is 0 Å². The van der Waals surface area contributed by atoms with Crippen molar-refractivity contribution in [3.05, 3.63) is 12.2 Å². The van der Waals surface area contributed by atoms with Gasteiger partial charge in [0, 0.05) is 5.57 Å². The van der Waals surface area contributed by atoms with E-state index in [0.29, 0.717) is 32.1 Å². The Morgan fingerprint density at radius 3 is 1.96 bits per heavy atom. The number of carboxylic acid groups (broad SMARTS) is 1. The second-order valence-corrected chi connectivity index (χ2v) is 8.46. The van der Waals surface area contributed by atoms with Crippen LogP contribution < -0.4 is 0 Å². The summed E-state index contributed by atoms with van der Waals surface area (Å²) in [4.78, 5) is 36.3. The first-order chi connectivity index (χ1) is 11.7. The van der Waals surface area contributed by atoms with Crippen LogP contribution in [0.1, 0.15) is 51.4 Å². The number of carbonyl (C=O) groups excluding carboxylic acids is 2. The number of hydrogen-bond donors (Lipinski definition) is 1. The first kappa shape index (κ1) is 18.0. The zero-order valence-electron chi connectivity index (χ0n) is 14.9. The average Bonchev–Trinajstić information content (AvgIpc) is 2.56. The summed E-state index contributed by atoms with van der Waals surface area (Å²) in [5.41, 5.74) is -1.34. The molecule has 138 valence electrons. The SMILES string of the molecule is C=C(CCC12CC3CC(C(=O)OC)(C1)CC(C(=O)OC)(C3)C2)C(=O)O. The molecule has 0 heterocycles. The molecule has 4 bridgehead atoms. The molecule has 0 aromatic heterocycles. The standard InChI is InChI=1S/C19H26O6/c1-12(14(20)21)4-5-17-6-13-7-18(9-17,15(22)24-2)11-19(8-13,10-17)16(23)25-3/h13H,1,4-11H2,2-3H3,(H,20,21). The molecule has 4 aliphatic rings. The molecule has 6 heteroatoms. The molecule has 4 aliphatic carbocycles. The summed E-state index contributed by atoms with van der Waals surface area (Å²) in [6.45, 7) is 3.63. The van der Waals surface area contributed by atoms with E-state index < -0.39 is 16.8 Å². The predicted molar refractivity (Wildman–Crippen MR) is 88.5 cm³/mol. The van der Waals surface area contributed by atoms with E-state index in [4.69, 9.17) is 14.6 Å². The lowest BCUT2D eigenvalue weighted by atomic mass is 9.38. The molecule has 1 N–H and O–H groups in total. The van der Waals surface area contributed by atoms with E-state index in [1.165, 1.54) is 14.2 Å². The van der Waals surface area contributed by atoms with Crippen molar-refractivity contribution in [3.63, 3.8) is 0 Å². The summed E-state index contributed by atoms with van der Waals surface area (Å²) in [6.07, 6.45) is 5.24. The van der Waals surface area contributed by atoms with Gasteiger partial charge in [-0.3, -0.25) is 9.59 Å². The third-order valence-corrected chi connectivity index (χ3v) is 6.68. The predicted octanol–water partition coefficient (Wildman–Crippen LogP) is 2.71. The van der Waals surface area contributed by atoms with Gasteiger partial charge in [0.1, 0.15) is 0 Å². The Hall–Kier alpha value is -1.85. The van der Waals surface area contributed by atoms with Crippen molar-refractivity contribution in [2.24, 2.45) is 22.2 Å². The highest BCUT2D eigenvalue weighted by Gasteiger charge is 2.68. The summed E-state index contributed by atoms with van der Waals surface area (Å²) >= 11 is 0. The van der Waals surface area contributed by atoms with Crippen LogP contribution in [0.25, 0.3) is 0 Å². The minimum Gasteiger partial charge on any atom is -0.478 e. The summed E-state index contributed by atoms with van der Waals surface area (Å²) in [7, 11) is 2.79. The van der Waals surface area contributed by atoms with E-state index in [1.54, 1.807) is 0 Å². The molecule has 2 atom stereocenters. The maximum Gasteiger partial charge on any atom is 0.330 e. The number of carbonyl (C=O) groups is 3. The van der Waals surface area contributed by atoms with E-state index >= 15 is 0 Å². The number of rotatable bonds is 6. The monoisotopic (exact) mass is 350 g/mol. The van der Waals surface area contributed by atoms with Gasteiger partial charge in [0.2, 0.25) is 0 Å². The van der Waals surface area contributed by atoms with Crippen LogP contribution in [0.2, 0.25) is 0 Å². The van der Waals surface area contributed by atoms with Gasteiger partial charge in [0.25, 0.3) is 0 Å². The largest absolute Gasteiger partial charge is 0.478 e. The Bertz CT molecular complexity index is 604. The molecule has 4 saturated carbocycles. The zero-order chi connectivity index (χ0) is 18.5. The summed E-state index contributed by atoms with van der Waals surface area (Å²) in [6, 6.07) is 0. The Balaban J connectivity index is 1.94. The van der Waals surface area contributed by atoms with Gasteiger partial charge in [-0.1, -0.05) is 6.58 Å². The number of ether oxygens (including phenoxy) is 2. The van der Waals surface area contributed by atoms with Gasteiger partial charge >= 0.3 is 17.9 Å². The molecular weight excluding hydrogens is 324 g/mol. The third kappa shape index (κ3) is 2.75. The lowest BCUT2D eigenvalue weighted by Crippen LogP contribution is -2.61. The minimum absolute atomic E-state index is 0.176. The molecule has 6 nitrogen and oxygen atoms in total. The lowest BCUT2D eigenvalue weighted by Gasteiger charge is -2.64. The smallest absolute Gasteiger partial charge is 0.330 e. The first-order valence-corrected chi connectivity index (χ1v) is 8.78. The normalized spacial score (nSPS) is 38.2. The van der Waals surface area contributed by atoms with Crippen molar-refractivity contribution < 1.29 is 29.0 Å². The fourth-order valence-electron chi connectivity index (χ4n) is 6.33. The molecule has 0 aromatic carbocycles. The van der Waals surface area contributed by atoms with Crippen LogP contribution in [-0.2, 0) is 23.9 Å². The van der Waals surface area contributed by atoms with E-state index in [9.17, 15) is 14.4 Å². The highest BCUT2D eigenvalue weighted by molar-refractivity contribution is 5.86. The van der Waals surface area contributed by atoms with Gasteiger partial charge in [-0.05, 0) is 62.7 Å². The van der Waals surface area contributed by atoms with Crippen LogP contribution >= 0.6 is 0 Å². The number of esters is 2. The van der Waals surface area contributed by atoms with E-state index in [2.05, 4.69) is 6.58 Å². The van der Waals surface area contributed by atoms with Crippen LogP contribution in [0, 0.1) is 22.2 Å². The van der Waals surface area contributed by atoms with Crippen LogP contribution in [0.4, 0.5) is 0 Å². The molecule has 4 fully saturated rings. The molecule has 0 radical (unpaired) electrons. The van der Waals surface area contributed by atoms with Crippen molar-refractivity contribution in [2.75, 3.05) is 14.2 Å². The number of carboxylic acids is 1. The van der Waals surface area contributed by atoms with Gasteiger partial charge in [-0.2, -0.15) is 0 Å². The van der Waals surface area contributed by atoms with Gasteiger partial charge < -0.3 is 14.6 Å². The quantitative estimate of drug-likeness (QED) is 0.585. The minimum atomic E-state index is -0.991. The lowest BCUT2D eigenvalue weighted by molar-refractivity contribution is -0.206. The number of methoxy groups -OCH3 is 2. The molecule has 2 unspecified atom stereocenters. The molecule has 0 aliphatic heterocycles. The molecule has 25 heavy (non-hydrogen) atoms. The van der Waals surface area contributed by atoms with Crippen LogP contribution in [0.15, 0.2) is 12.2 Å².